The van der Waals surface area contributed by atoms with Crippen molar-refractivity contribution in [2.45, 2.75) is 12.1 Å². The summed E-state index contributed by atoms with van der Waals surface area (Å²) in [5, 5.41) is 3.95. The van der Waals surface area contributed by atoms with Crippen molar-refractivity contribution in [1.29, 1.82) is 0 Å². The van der Waals surface area contributed by atoms with Gasteiger partial charge in [-0.1, -0.05) is 12.1 Å². The number of carbonyl (C=O) groups excluding carboxylic acids is 1. The average molecular weight is 235 g/mol. The number of rotatable bonds is 1. The Bertz CT molecular complexity index is 478. The zero-order chi connectivity index (χ0) is 11.1. The van der Waals surface area contributed by atoms with Crippen molar-refractivity contribution in [2.75, 3.05) is 0 Å². The molecule has 4 nitrogen and oxygen atoms in total. The molecule has 0 saturated carbocycles. The maximum absolute atomic E-state index is 11.8. The minimum atomic E-state index is -0.404. The van der Waals surface area contributed by atoms with Gasteiger partial charge in [0.15, 0.2) is 6.23 Å². The fraction of sp³-hybridized carbons (Fsp3) is 0.182. The highest BCUT2D eigenvalue weighted by Crippen LogP contribution is 2.37. The van der Waals surface area contributed by atoms with E-state index in [0.29, 0.717) is 5.75 Å². The van der Waals surface area contributed by atoms with Crippen molar-refractivity contribution in [3.05, 3.63) is 36.2 Å². The Morgan fingerprint density at radius 3 is 3.00 bits per heavy atom. The van der Waals surface area contributed by atoms with E-state index in [2.05, 4.69) is 14.6 Å². The van der Waals surface area contributed by atoms with Crippen molar-refractivity contribution in [2.24, 2.45) is 0 Å². The molecule has 2 aliphatic heterocycles. The van der Waals surface area contributed by atoms with Crippen LogP contribution in [0.3, 0.4) is 0 Å². The minimum Gasteiger partial charge on any atom is -0.476 e. The summed E-state index contributed by atoms with van der Waals surface area (Å²) in [6.07, 6.45) is 2.86. The molecule has 3 atom stereocenters. The van der Waals surface area contributed by atoms with Crippen LogP contribution in [0, 0.1) is 0 Å². The highest BCUT2D eigenvalue weighted by Gasteiger charge is 2.42. The molecule has 1 N–H and O–H groups in total. The molecule has 5 heteroatoms. The van der Waals surface area contributed by atoms with Gasteiger partial charge in [0, 0.05) is 11.8 Å². The first kappa shape index (κ1) is 9.67. The van der Waals surface area contributed by atoms with Gasteiger partial charge in [-0.15, -0.1) is 9.24 Å². The van der Waals surface area contributed by atoms with E-state index >= 15 is 0 Å². The summed E-state index contributed by atoms with van der Waals surface area (Å²) in [7, 11) is 2.62. The molecule has 0 radical (unpaired) electrons. The standard InChI is InChI=1S/C11H10NO3P/c13-11-9(10-12-4-5-14-10)8-6(15-11)2-1-3-7(8)16/h1-5,9-10,12H,16H2. The van der Waals surface area contributed by atoms with Gasteiger partial charge in [-0.25, -0.2) is 0 Å². The molecule has 0 fully saturated rings. The molecule has 0 spiro atoms. The van der Waals surface area contributed by atoms with Gasteiger partial charge in [-0.05, 0) is 11.4 Å². The Balaban J connectivity index is 2.04. The fourth-order valence-electron chi connectivity index (χ4n) is 2.02. The van der Waals surface area contributed by atoms with Gasteiger partial charge in [0.05, 0.1) is 0 Å². The normalized spacial score (nSPS) is 25.9. The lowest BCUT2D eigenvalue weighted by molar-refractivity contribution is -0.136. The summed E-state index contributed by atoms with van der Waals surface area (Å²) in [4.78, 5) is 11.8. The second-order valence-electron chi connectivity index (χ2n) is 3.68. The third-order valence-corrected chi connectivity index (χ3v) is 3.24. The number of hydrogen-bond acceptors (Lipinski definition) is 4. The summed E-state index contributed by atoms with van der Waals surface area (Å²) in [6, 6.07) is 5.59. The van der Waals surface area contributed by atoms with Crippen molar-refractivity contribution >= 4 is 20.5 Å². The SMILES string of the molecule is O=C1Oc2cccc(P)c2C1C1NC=CO1. The van der Waals surface area contributed by atoms with Gasteiger partial charge in [0.2, 0.25) is 0 Å². The molecular weight excluding hydrogens is 225 g/mol. The second kappa shape index (κ2) is 3.49. The molecule has 0 aromatic heterocycles. The topological polar surface area (TPSA) is 47.6 Å². The maximum Gasteiger partial charge on any atom is 0.324 e. The number of nitrogens with one attached hydrogen (secondary N) is 1. The van der Waals surface area contributed by atoms with E-state index < -0.39 is 5.92 Å². The van der Waals surface area contributed by atoms with E-state index in [1.54, 1.807) is 18.5 Å². The van der Waals surface area contributed by atoms with Crippen LogP contribution in [0.1, 0.15) is 11.5 Å². The van der Waals surface area contributed by atoms with Gasteiger partial charge in [0.25, 0.3) is 0 Å². The van der Waals surface area contributed by atoms with Crippen LogP contribution < -0.4 is 15.4 Å². The van der Waals surface area contributed by atoms with Crippen molar-refractivity contribution in [3.63, 3.8) is 0 Å². The lowest BCUT2D eigenvalue weighted by atomic mass is 9.99. The molecule has 82 valence electrons. The highest BCUT2D eigenvalue weighted by atomic mass is 31.0. The molecule has 0 aliphatic carbocycles. The monoisotopic (exact) mass is 235 g/mol. The molecular formula is C11H10NO3P. The van der Waals surface area contributed by atoms with Gasteiger partial charge >= 0.3 is 5.97 Å². The number of fused-ring (bicyclic) bond motifs is 1. The maximum atomic E-state index is 11.8. The third kappa shape index (κ3) is 1.30. The molecule has 0 bridgehead atoms. The van der Waals surface area contributed by atoms with Gasteiger partial charge in [-0.3, -0.25) is 4.79 Å². The van der Waals surface area contributed by atoms with E-state index in [1.165, 1.54) is 0 Å². The molecule has 3 rings (SSSR count). The first-order chi connectivity index (χ1) is 7.77. The predicted octanol–water partition coefficient (Wildman–Crippen LogP) is 0.607. The summed E-state index contributed by atoms with van der Waals surface area (Å²) in [6.45, 7) is 0. The van der Waals surface area contributed by atoms with Crippen LogP contribution in [-0.4, -0.2) is 12.2 Å². The van der Waals surface area contributed by atoms with Crippen molar-refractivity contribution < 1.29 is 14.3 Å². The second-order valence-corrected chi connectivity index (χ2v) is 4.31. The van der Waals surface area contributed by atoms with E-state index in [1.807, 2.05) is 12.1 Å². The molecule has 1 aromatic rings. The van der Waals surface area contributed by atoms with Gasteiger partial charge in [-0.2, -0.15) is 0 Å². The molecule has 16 heavy (non-hydrogen) atoms. The quantitative estimate of drug-likeness (QED) is 0.440. The van der Waals surface area contributed by atoms with Crippen LogP contribution in [0.25, 0.3) is 0 Å². The van der Waals surface area contributed by atoms with E-state index in [-0.39, 0.29) is 12.2 Å². The number of ether oxygens (including phenoxy) is 2. The minimum absolute atomic E-state index is 0.272. The Morgan fingerprint density at radius 2 is 2.25 bits per heavy atom. The number of hydrogen-bond donors (Lipinski definition) is 1. The van der Waals surface area contributed by atoms with Crippen LogP contribution in [0.2, 0.25) is 0 Å². The van der Waals surface area contributed by atoms with Crippen LogP contribution in [0.4, 0.5) is 0 Å². The summed E-state index contributed by atoms with van der Waals surface area (Å²) < 4.78 is 10.5. The van der Waals surface area contributed by atoms with E-state index in [0.717, 1.165) is 10.9 Å². The lowest BCUT2D eigenvalue weighted by Crippen LogP contribution is -2.34. The molecule has 0 amide bonds. The first-order valence-electron chi connectivity index (χ1n) is 4.94. The Labute approximate surface area is 94.8 Å². The summed E-state index contributed by atoms with van der Waals surface area (Å²) in [5.74, 6) is -0.0513. The van der Waals surface area contributed by atoms with Gasteiger partial charge < -0.3 is 14.8 Å². The highest BCUT2D eigenvalue weighted by molar-refractivity contribution is 7.27. The average Bonchev–Trinajstić information content (AvgIpc) is 2.84. The molecule has 2 aliphatic rings. The smallest absolute Gasteiger partial charge is 0.324 e. The van der Waals surface area contributed by atoms with Crippen LogP contribution in [0.5, 0.6) is 5.75 Å². The molecule has 0 saturated heterocycles. The van der Waals surface area contributed by atoms with Crippen LogP contribution >= 0.6 is 9.24 Å². The van der Waals surface area contributed by atoms with Crippen LogP contribution in [-0.2, 0) is 9.53 Å². The van der Waals surface area contributed by atoms with E-state index in [9.17, 15) is 4.79 Å². The first-order valence-corrected chi connectivity index (χ1v) is 5.52. The van der Waals surface area contributed by atoms with E-state index in [4.69, 9.17) is 9.47 Å². The Hall–Kier alpha value is -1.54. The molecule has 3 unspecified atom stereocenters. The Morgan fingerprint density at radius 1 is 1.38 bits per heavy atom. The molecule has 2 heterocycles. The fourth-order valence-corrected chi connectivity index (χ4v) is 2.45. The van der Waals surface area contributed by atoms with Crippen molar-refractivity contribution in [1.82, 2.24) is 5.32 Å². The predicted molar refractivity (Wildman–Crippen MR) is 61.3 cm³/mol. The largest absolute Gasteiger partial charge is 0.476 e. The summed E-state index contributed by atoms with van der Waals surface area (Å²) in [5.41, 5.74) is 0.888. The molecule has 1 aromatic carbocycles. The summed E-state index contributed by atoms with van der Waals surface area (Å²) >= 11 is 0. The third-order valence-electron chi connectivity index (χ3n) is 2.73. The Kier molecular flexibility index (Phi) is 2.11. The van der Waals surface area contributed by atoms with Crippen molar-refractivity contribution in [3.8, 4) is 5.75 Å². The zero-order valence-electron chi connectivity index (χ0n) is 8.34. The van der Waals surface area contributed by atoms with Gasteiger partial charge in [0.1, 0.15) is 17.9 Å². The number of carbonyl (C=O) groups is 1. The number of esters is 1. The zero-order valence-corrected chi connectivity index (χ0v) is 9.50. The lowest BCUT2D eigenvalue weighted by Gasteiger charge is -2.17. The number of benzene rings is 1. The van der Waals surface area contributed by atoms with Crippen LogP contribution in [0.15, 0.2) is 30.7 Å².